The van der Waals surface area contributed by atoms with Gasteiger partial charge in [-0.3, -0.25) is 9.10 Å². The van der Waals surface area contributed by atoms with Gasteiger partial charge in [0.15, 0.2) is 0 Å². The Labute approximate surface area is 199 Å². The number of carbonyl (C=O) groups excluding carboxylic acids is 1. The smallest absolute Gasteiger partial charge is 0.264 e. The Kier molecular flexibility index (Phi) is 7.60. The minimum absolute atomic E-state index is 0.00856. The summed E-state index contributed by atoms with van der Waals surface area (Å²) in [5, 5.41) is 4.12. The van der Waals surface area contributed by atoms with Gasteiger partial charge in [-0.1, -0.05) is 29.8 Å². The average molecular weight is 541 g/mol. The minimum Gasteiger partial charge on any atom is -0.495 e. The first kappa shape index (κ1) is 23.8. The highest BCUT2D eigenvalue weighted by Gasteiger charge is 2.29. The third-order valence-electron chi connectivity index (χ3n) is 4.29. The Bertz CT molecular complexity index is 1230. The number of hydrogen-bond donors (Lipinski definition) is 1. The molecule has 1 amide bonds. The highest BCUT2D eigenvalue weighted by molar-refractivity contribution is 9.10. The van der Waals surface area contributed by atoms with E-state index in [1.165, 1.54) is 37.6 Å². The summed E-state index contributed by atoms with van der Waals surface area (Å²) in [6.07, 6.45) is 1.31. The van der Waals surface area contributed by atoms with E-state index in [4.69, 9.17) is 20.8 Å². The third kappa shape index (κ3) is 5.50. The Morgan fingerprint density at radius 2 is 1.97 bits per heavy atom. The fourth-order valence-electron chi connectivity index (χ4n) is 2.76. The Morgan fingerprint density at radius 3 is 2.59 bits per heavy atom. The quantitative estimate of drug-likeness (QED) is 0.338. The first-order valence-corrected chi connectivity index (χ1v) is 11.8. The first-order chi connectivity index (χ1) is 15.2. The molecule has 0 aliphatic heterocycles. The number of methoxy groups -OCH3 is 1. The topological polar surface area (TPSA) is 101 Å². The maximum absolute atomic E-state index is 13.4. The number of nitrogens with one attached hydrogen (secondary N) is 1. The molecular weight excluding hydrogens is 522 g/mol. The van der Waals surface area contributed by atoms with Crippen LogP contribution in [-0.2, 0) is 14.8 Å². The summed E-state index contributed by atoms with van der Waals surface area (Å²) >= 11 is 9.42. The van der Waals surface area contributed by atoms with Crippen LogP contribution in [0.3, 0.4) is 0 Å². The molecule has 1 aromatic heterocycles. The number of halogens is 2. The molecule has 0 radical (unpaired) electrons. The second-order valence-corrected chi connectivity index (χ2v) is 9.64. The molecule has 8 nitrogen and oxygen atoms in total. The van der Waals surface area contributed by atoms with E-state index in [0.717, 1.165) is 8.78 Å². The van der Waals surface area contributed by atoms with Crippen molar-refractivity contribution in [2.75, 3.05) is 18.0 Å². The summed E-state index contributed by atoms with van der Waals surface area (Å²) in [4.78, 5) is 12.6. The fourth-order valence-corrected chi connectivity index (χ4v) is 4.67. The van der Waals surface area contributed by atoms with Crippen molar-refractivity contribution in [2.24, 2.45) is 5.10 Å². The molecule has 2 aromatic carbocycles. The van der Waals surface area contributed by atoms with E-state index >= 15 is 0 Å². The lowest BCUT2D eigenvalue weighted by Gasteiger charge is -2.25. The molecule has 0 saturated heterocycles. The second-order valence-electron chi connectivity index (χ2n) is 6.49. The molecule has 168 valence electrons. The number of amides is 1. The standard InChI is InChI=1S/C21H19BrClN3O5S/c1-14-18(22)11-16(31-14)12-24-25-21(27)13-26(19-10-15(23)8-9-20(19)30-2)32(28,29)17-6-4-3-5-7-17/h3-12H,13H2,1-2H3,(H,25,27)/b24-12+. The third-order valence-corrected chi connectivity index (χ3v) is 7.08. The van der Waals surface area contributed by atoms with Crippen LogP contribution in [0.2, 0.25) is 5.02 Å². The molecule has 3 rings (SSSR count). The number of sulfonamides is 1. The molecule has 3 aromatic rings. The normalized spacial score (nSPS) is 11.5. The van der Waals surface area contributed by atoms with Gasteiger partial charge in [0.25, 0.3) is 15.9 Å². The summed E-state index contributed by atoms with van der Waals surface area (Å²) in [5.41, 5.74) is 2.43. The number of furan rings is 1. The molecule has 0 saturated carbocycles. The van der Waals surface area contributed by atoms with Crippen molar-refractivity contribution in [1.29, 1.82) is 0 Å². The van der Waals surface area contributed by atoms with Crippen molar-refractivity contribution >= 4 is 55.4 Å². The van der Waals surface area contributed by atoms with Gasteiger partial charge in [0.2, 0.25) is 0 Å². The molecule has 1 heterocycles. The predicted molar refractivity (Wildman–Crippen MR) is 126 cm³/mol. The van der Waals surface area contributed by atoms with Crippen LogP contribution >= 0.6 is 27.5 Å². The number of rotatable bonds is 8. The molecular formula is C21H19BrClN3O5S. The highest BCUT2D eigenvalue weighted by atomic mass is 79.9. The summed E-state index contributed by atoms with van der Waals surface area (Å²) in [6, 6.07) is 13.9. The average Bonchev–Trinajstić information content (AvgIpc) is 3.09. The zero-order chi connectivity index (χ0) is 23.3. The van der Waals surface area contributed by atoms with Gasteiger partial charge in [0, 0.05) is 11.1 Å². The SMILES string of the molecule is COc1ccc(Cl)cc1N(CC(=O)N/N=C/c1cc(Br)c(C)o1)S(=O)(=O)c1ccccc1. The van der Waals surface area contributed by atoms with Gasteiger partial charge in [-0.25, -0.2) is 13.8 Å². The summed E-state index contributed by atoms with van der Waals surface area (Å²) in [7, 11) is -2.72. The number of carbonyl (C=O) groups is 1. The van der Waals surface area contributed by atoms with Crippen LogP contribution in [0.5, 0.6) is 5.75 Å². The van der Waals surface area contributed by atoms with E-state index in [0.29, 0.717) is 11.5 Å². The highest BCUT2D eigenvalue weighted by Crippen LogP contribution is 2.34. The molecule has 0 unspecified atom stereocenters. The Morgan fingerprint density at radius 1 is 1.25 bits per heavy atom. The summed E-state index contributed by atoms with van der Waals surface area (Å²) in [6.45, 7) is 1.21. The van der Waals surface area contributed by atoms with Crippen molar-refractivity contribution in [3.05, 3.63) is 75.6 Å². The number of anilines is 1. The number of benzene rings is 2. The predicted octanol–water partition coefficient (Wildman–Crippen LogP) is 4.36. The number of hydrogen-bond acceptors (Lipinski definition) is 6. The van der Waals surface area contributed by atoms with Crippen molar-refractivity contribution in [3.63, 3.8) is 0 Å². The number of aryl methyl sites for hydroxylation is 1. The Balaban J connectivity index is 1.91. The van der Waals surface area contributed by atoms with E-state index in [1.54, 1.807) is 37.3 Å². The lowest BCUT2D eigenvalue weighted by molar-refractivity contribution is -0.119. The molecule has 1 N–H and O–H groups in total. The maximum Gasteiger partial charge on any atom is 0.264 e. The number of hydrazone groups is 1. The maximum atomic E-state index is 13.4. The van der Waals surface area contributed by atoms with Gasteiger partial charge >= 0.3 is 0 Å². The molecule has 0 bridgehead atoms. The van der Waals surface area contributed by atoms with Gasteiger partial charge in [-0.05, 0) is 53.2 Å². The van der Waals surface area contributed by atoms with Crippen LogP contribution in [-0.4, -0.2) is 34.2 Å². The monoisotopic (exact) mass is 539 g/mol. The molecule has 32 heavy (non-hydrogen) atoms. The van der Waals surface area contributed by atoms with E-state index in [2.05, 4.69) is 26.5 Å². The van der Waals surface area contributed by atoms with Crippen molar-refractivity contribution in [2.45, 2.75) is 11.8 Å². The number of nitrogens with zero attached hydrogens (tertiary/aromatic N) is 2. The van der Waals surface area contributed by atoms with Crippen LogP contribution in [0.1, 0.15) is 11.5 Å². The van der Waals surface area contributed by atoms with Crippen LogP contribution in [0.25, 0.3) is 0 Å². The molecule has 0 aliphatic rings. The molecule has 0 fully saturated rings. The lowest BCUT2D eigenvalue weighted by Crippen LogP contribution is -2.39. The lowest BCUT2D eigenvalue weighted by atomic mass is 10.3. The molecule has 0 atom stereocenters. The summed E-state index contributed by atoms with van der Waals surface area (Å²) in [5.74, 6) is 0.636. The van der Waals surface area contributed by atoms with E-state index < -0.39 is 22.5 Å². The van der Waals surface area contributed by atoms with E-state index in [9.17, 15) is 13.2 Å². The zero-order valence-corrected chi connectivity index (χ0v) is 20.2. The van der Waals surface area contributed by atoms with E-state index in [1.807, 2.05) is 0 Å². The second kappa shape index (κ2) is 10.2. The van der Waals surface area contributed by atoms with Crippen molar-refractivity contribution in [3.8, 4) is 5.75 Å². The van der Waals surface area contributed by atoms with E-state index in [-0.39, 0.29) is 21.4 Å². The first-order valence-electron chi connectivity index (χ1n) is 9.21. The van der Waals surface area contributed by atoms with Gasteiger partial charge in [-0.2, -0.15) is 5.10 Å². The fraction of sp³-hybridized carbons (Fsp3) is 0.143. The molecule has 11 heteroatoms. The van der Waals surface area contributed by atoms with Crippen molar-refractivity contribution in [1.82, 2.24) is 5.43 Å². The van der Waals surface area contributed by atoms with Crippen LogP contribution < -0.4 is 14.5 Å². The van der Waals surface area contributed by atoms with Crippen molar-refractivity contribution < 1.29 is 22.4 Å². The van der Waals surface area contributed by atoms with Crippen LogP contribution in [0.15, 0.2) is 73.5 Å². The van der Waals surface area contributed by atoms with Gasteiger partial charge < -0.3 is 9.15 Å². The van der Waals surface area contributed by atoms with Crippen LogP contribution in [0.4, 0.5) is 5.69 Å². The zero-order valence-electron chi connectivity index (χ0n) is 17.1. The van der Waals surface area contributed by atoms with Gasteiger partial charge in [-0.15, -0.1) is 0 Å². The molecule has 0 aliphatic carbocycles. The summed E-state index contributed by atoms with van der Waals surface area (Å²) < 4.78 is 39.1. The van der Waals surface area contributed by atoms with Crippen LogP contribution in [0, 0.1) is 6.92 Å². The number of ether oxygens (including phenoxy) is 1. The molecule has 0 spiro atoms. The minimum atomic E-state index is -4.12. The Hall–Kier alpha value is -2.82. The van der Waals surface area contributed by atoms with Gasteiger partial charge in [0.05, 0.1) is 28.4 Å². The van der Waals surface area contributed by atoms with Gasteiger partial charge in [0.1, 0.15) is 23.8 Å². The largest absolute Gasteiger partial charge is 0.495 e.